The molecule has 0 heterocycles. The van der Waals surface area contributed by atoms with E-state index in [0.717, 1.165) is 32.1 Å². The molecule has 5 heteroatoms. The Balaban J connectivity index is 2.53. The summed E-state index contributed by atoms with van der Waals surface area (Å²) in [5.41, 5.74) is -0.192. The quantitative estimate of drug-likeness (QED) is 0.815. The lowest BCUT2D eigenvalue weighted by Crippen LogP contribution is -2.50. The SMILES string of the molecule is CCC(C)(C)N(C)C(=O)NCC1CCCCC1C(=O)O. The van der Waals surface area contributed by atoms with Crippen molar-refractivity contribution in [1.29, 1.82) is 0 Å². The zero-order valence-electron chi connectivity index (χ0n) is 13.1. The lowest BCUT2D eigenvalue weighted by Gasteiger charge is -2.36. The first kappa shape index (κ1) is 16.8. The highest BCUT2D eigenvalue weighted by Crippen LogP contribution is 2.29. The number of hydrogen-bond donors (Lipinski definition) is 2. The molecule has 116 valence electrons. The first-order valence-corrected chi connectivity index (χ1v) is 7.54. The van der Waals surface area contributed by atoms with E-state index < -0.39 is 5.97 Å². The molecule has 0 aromatic heterocycles. The highest BCUT2D eigenvalue weighted by Gasteiger charge is 2.32. The standard InChI is InChI=1S/C15H28N2O3/c1-5-15(2,3)17(4)14(20)16-10-11-8-6-7-9-12(11)13(18)19/h11-12H,5-10H2,1-4H3,(H,16,20)(H,18,19). The molecule has 0 bridgehead atoms. The molecule has 1 saturated carbocycles. The second-order valence-electron chi connectivity index (χ2n) is 6.40. The van der Waals surface area contributed by atoms with Gasteiger partial charge in [-0.15, -0.1) is 0 Å². The van der Waals surface area contributed by atoms with Crippen LogP contribution < -0.4 is 5.32 Å². The summed E-state index contributed by atoms with van der Waals surface area (Å²) < 4.78 is 0. The summed E-state index contributed by atoms with van der Waals surface area (Å²) in [7, 11) is 1.79. The molecule has 0 aliphatic heterocycles. The van der Waals surface area contributed by atoms with Crippen LogP contribution in [0.4, 0.5) is 4.79 Å². The van der Waals surface area contributed by atoms with Crippen LogP contribution in [0.3, 0.4) is 0 Å². The van der Waals surface area contributed by atoms with Gasteiger partial charge < -0.3 is 15.3 Å². The maximum Gasteiger partial charge on any atom is 0.317 e. The van der Waals surface area contributed by atoms with Gasteiger partial charge in [0.25, 0.3) is 0 Å². The molecule has 1 rings (SSSR count). The van der Waals surface area contributed by atoms with Gasteiger partial charge in [-0.3, -0.25) is 4.79 Å². The summed E-state index contributed by atoms with van der Waals surface area (Å²) in [6, 6.07) is -0.119. The average molecular weight is 284 g/mol. The third-order valence-corrected chi connectivity index (χ3v) is 4.82. The molecule has 2 amide bonds. The minimum atomic E-state index is -0.730. The number of carbonyl (C=O) groups is 2. The molecular formula is C15H28N2O3. The molecule has 1 fully saturated rings. The third kappa shape index (κ3) is 4.12. The summed E-state index contributed by atoms with van der Waals surface area (Å²) in [4.78, 5) is 25.1. The second-order valence-corrected chi connectivity index (χ2v) is 6.40. The second kappa shape index (κ2) is 6.95. The fraction of sp³-hybridized carbons (Fsp3) is 0.867. The minimum Gasteiger partial charge on any atom is -0.481 e. The van der Waals surface area contributed by atoms with Gasteiger partial charge in [-0.25, -0.2) is 4.79 Å². The van der Waals surface area contributed by atoms with Crippen LogP contribution in [0.2, 0.25) is 0 Å². The van der Waals surface area contributed by atoms with Crippen molar-refractivity contribution in [1.82, 2.24) is 10.2 Å². The third-order valence-electron chi connectivity index (χ3n) is 4.82. The monoisotopic (exact) mass is 284 g/mol. The van der Waals surface area contributed by atoms with E-state index in [4.69, 9.17) is 0 Å². The molecule has 0 radical (unpaired) electrons. The van der Waals surface area contributed by atoms with E-state index in [1.807, 2.05) is 20.8 Å². The normalized spacial score (nSPS) is 23.2. The zero-order chi connectivity index (χ0) is 15.3. The van der Waals surface area contributed by atoms with Gasteiger partial charge in [0.15, 0.2) is 0 Å². The number of aliphatic carboxylic acids is 1. The Morgan fingerprint density at radius 3 is 2.45 bits per heavy atom. The lowest BCUT2D eigenvalue weighted by atomic mass is 9.79. The Hall–Kier alpha value is -1.26. The Labute approximate surface area is 121 Å². The number of carboxylic acid groups (broad SMARTS) is 1. The van der Waals surface area contributed by atoms with Crippen LogP contribution in [0.15, 0.2) is 0 Å². The molecule has 0 aromatic rings. The Morgan fingerprint density at radius 2 is 1.90 bits per heavy atom. The predicted molar refractivity (Wildman–Crippen MR) is 78.6 cm³/mol. The van der Waals surface area contributed by atoms with Gasteiger partial charge in [-0.2, -0.15) is 0 Å². The molecule has 1 aliphatic rings. The lowest BCUT2D eigenvalue weighted by molar-refractivity contribution is -0.144. The maximum atomic E-state index is 12.1. The molecule has 0 aromatic carbocycles. The van der Waals surface area contributed by atoms with E-state index >= 15 is 0 Å². The molecule has 20 heavy (non-hydrogen) atoms. The van der Waals surface area contributed by atoms with Crippen molar-refractivity contribution in [2.24, 2.45) is 11.8 Å². The fourth-order valence-corrected chi connectivity index (χ4v) is 2.63. The molecule has 1 aliphatic carbocycles. The summed E-state index contributed by atoms with van der Waals surface area (Å²) in [5, 5.41) is 12.1. The zero-order valence-corrected chi connectivity index (χ0v) is 13.1. The molecule has 5 nitrogen and oxygen atoms in total. The number of nitrogens with one attached hydrogen (secondary N) is 1. The number of amides is 2. The van der Waals surface area contributed by atoms with Crippen LogP contribution in [-0.2, 0) is 4.79 Å². The number of nitrogens with zero attached hydrogens (tertiary/aromatic N) is 1. The molecule has 0 spiro atoms. The van der Waals surface area contributed by atoms with Crippen molar-refractivity contribution in [3.63, 3.8) is 0 Å². The number of rotatable bonds is 5. The van der Waals surface area contributed by atoms with Gasteiger partial charge in [-0.1, -0.05) is 19.8 Å². The van der Waals surface area contributed by atoms with Gasteiger partial charge in [0.05, 0.1) is 5.92 Å². The van der Waals surface area contributed by atoms with E-state index in [2.05, 4.69) is 5.32 Å². The highest BCUT2D eigenvalue weighted by atomic mass is 16.4. The summed E-state index contributed by atoms with van der Waals surface area (Å²) in [6.45, 7) is 6.55. The van der Waals surface area contributed by atoms with Gasteiger partial charge in [0.1, 0.15) is 0 Å². The fourth-order valence-electron chi connectivity index (χ4n) is 2.63. The van der Waals surface area contributed by atoms with Crippen LogP contribution in [0.1, 0.15) is 52.9 Å². The van der Waals surface area contributed by atoms with Crippen LogP contribution in [0, 0.1) is 11.8 Å². The van der Waals surface area contributed by atoms with Crippen LogP contribution in [0.5, 0.6) is 0 Å². The van der Waals surface area contributed by atoms with E-state index in [9.17, 15) is 14.7 Å². The Kier molecular flexibility index (Phi) is 5.84. The van der Waals surface area contributed by atoms with Crippen molar-refractivity contribution in [3.05, 3.63) is 0 Å². The predicted octanol–water partition coefficient (Wildman–Crippen LogP) is 2.71. The Bertz CT molecular complexity index is 355. The summed E-state index contributed by atoms with van der Waals surface area (Å²) in [5.74, 6) is -0.983. The molecule has 0 saturated heterocycles. The molecule has 2 N–H and O–H groups in total. The number of urea groups is 1. The van der Waals surface area contributed by atoms with Crippen molar-refractivity contribution < 1.29 is 14.7 Å². The maximum absolute atomic E-state index is 12.1. The van der Waals surface area contributed by atoms with Crippen molar-refractivity contribution in [2.45, 2.75) is 58.4 Å². The van der Waals surface area contributed by atoms with Gasteiger partial charge in [-0.05, 0) is 39.0 Å². The summed E-state index contributed by atoms with van der Waals surface area (Å²) >= 11 is 0. The largest absolute Gasteiger partial charge is 0.481 e. The first-order chi connectivity index (χ1) is 9.29. The number of hydrogen-bond acceptors (Lipinski definition) is 2. The highest BCUT2D eigenvalue weighted by molar-refractivity contribution is 5.75. The number of carboxylic acids is 1. The molecule has 2 atom stereocenters. The smallest absolute Gasteiger partial charge is 0.317 e. The summed E-state index contributed by atoms with van der Waals surface area (Å²) in [6.07, 6.45) is 4.52. The Morgan fingerprint density at radius 1 is 1.30 bits per heavy atom. The minimum absolute atomic E-state index is 0.0586. The van der Waals surface area contributed by atoms with Crippen molar-refractivity contribution in [3.8, 4) is 0 Å². The van der Waals surface area contributed by atoms with Crippen molar-refractivity contribution in [2.75, 3.05) is 13.6 Å². The molecule has 2 unspecified atom stereocenters. The van der Waals surface area contributed by atoms with Crippen LogP contribution >= 0.6 is 0 Å². The van der Waals surface area contributed by atoms with E-state index in [1.165, 1.54) is 0 Å². The topological polar surface area (TPSA) is 69.6 Å². The number of carbonyl (C=O) groups excluding carboxylic acids is 1. The van der Waals surface area contributed by atoms with E-state index in [-0.39, 0.29) is 23.4 Å². The van der Waals surface area contributed by atoms with Crippen molar-refractivity contribution >= 4 is 12.0 Å². The first-order valence-electron chi connectivity index (χ1n) is 7.54. The van der Waals surface area contributed by atoms with Gasteiger partial charge >= 0.3 is 12.0 Å². The van der Waals surface area contributed by atoms with Gasteiger partial charge in [0, 0.05) is 19.1 Å². The van der Waals surface area contributed by atoms with E-state index in [0.29, 0.717) is 6.54 Å². The van der Waals surface area contributed by atoms with Gasteiger partial charge in [0.2, 0.25) is 0 Å². The molecular weight excluding hydrogens is 256 g/mol. The van der Waals surface area contributed by atoms with Crippen LogP contribution in [0.25, 0.3) is 0 Å². The average Bonchev–Trinajstić information content (AvgIpc) is 2.43. The van der Waals surface area contributed by atoms with E-state index in [1.54, 1.807) is 11.9 Å². The van der Waals surface area contributed by atoms with Crippen LogP contribution in [-0.4, -0.2) is 41.1 Å².